The second kappa shape index (κ2) is 10.0. The lowest BCUT2D eigenvalue weighted by atomic mass is 10.1. The standard InChI is InChI=1S/C21H22O7/c1-5-10-27-18-9-7-15(12-20(18)26-4)21(23)28-13-16(22)14-6-8-17(24-2)19(11-14)25-3/h5-9,11-12H,1,10,13H2,2-4H3. The number of methoxy groups -OCH3 is 3. The monoisotopic (exact) mass is 386 g/mol. The summed E-state index contributed by atoms with van der Waals surface area (Å²) < 4.78 is 26.1. The Morgan fingerprint density at radius 3 is 2.07 bits per heavy atom. The van der Waals surface area contributed by atoms with Crippen LogP contribution in [0.5, 0.6) is 23.0 Å². The highest BCUT2D eigenvalue weighted by Crippen LogP contribution is 2.29. The summed E-state index contributed by atoms with van der Waals surface area (Å²) in [5.74, 6) is 0.749. The zero-order valence-corrected chi connectivity index (χ0v) is 16.0. The van der Waals surface area contributed by atoms with Crippen LogP contribution in [0.4, 0.5) is 0 Å². The van der Waals surface area contributed by atoms with Crippen LogP contribution in [0, 0.1) is 0 Å². The van der Waals surface area contributed by atoms with Crippen LogP contribution in [-0.2, 0) is 4.74 Å². The number of hydrogen-bond donors (Lipinski definition) is 0. The summed E-state index contributed by atoms with van der Waals surface area (Å²) in [6.07, 6.45) is 1.60. The zero-order valence-electron chi connectivity index (χ0n) is 16.0. The predicted octanol–water partition coefficient (Wildman–Crippen LogP) is 3.32. The fraction of sp³-hybridized carbons (Fsp3) is 0.238. The van der Waals surface area contributed by atoms with E-state index in [0.29, 0.717) is 35.2 Å². The molecule has 7 heteroatoms. The molecule has 0 heterocycles. The van der Waals surface area contributed by atoms with Crippen LogP contribution in [0.3, 0.4) is 0 Å². The minimum Gasteiger partial charge on any atom is -0.493 e. The Bertz CT molecular complexity index is 858. The van der Waals surface area contributed by atoms with E-state index in [-0.39, 0.29) is 11.3 Å². The van der Waals surface area contributed by atoms with Gasteiger partial charge in [-0.15, -0.1) is 0 Å². The summed E-state index contributed by atoms with van der Waals surface area (Å²) in [6.45, 7) is 3.47. The molecular weight excluding hydrogens is 364 g/mol. The van der Waals surface area contributed by atoms with Crippen molar-refractivity contribution in [2.75, 3.05) is 34.5 Å². The number of ether oxygens (including phenoxy) is 5. The molecule has 0 radical (unpaired) electrons. The lowest BCUT2D eigenvalue weighted by molar-refractivity contribution is 0.0474. The molecule has 7 nitrogen and oxygen atoms in total. The quantitative estimate of drug-likeness (QED) is 0.352. The van der Waals surface area contributed by atoms with Gasteiger partial charge in [-0.3, -0.25) is 4.79 Å². The smallest absolute Gasteiger partial charge is 0.338 e. The molecule has 0 unspecified atom stereocenters. The predicted molar refractivity (Wildman–Crippen MR) is 103 cm³/mol. The van der Waals surface area contributed by atoms with Crippen LogP contribution in [0.1, 0.15) is 20.7 Å². The molecule has 0 fully saturated rings. The van der Waals surface area contributed by atoms with E-state index < -0.39 is 12.6 Å². The molecule has 2 aromatic carbocycles. The van der Waals surface area contributed by atoms with E-state index in [4.69, 9.17) is 23.7 Å². The summed E-state index contributed by atoms with van der Waals surface area (Å²) in [7, 11) is 4.44. The molecule has 0 saturated heterocycles. The van der Waals surface area contributed by atoms with Gasteiger partial charge in [0.05, 0.1) is 26.9 Å². The van der Waals surface area contributed by atoms with Crippen molar-refractivity contribution in [3.63, 3.8) is 0 Å². The number of Topliss-reactive ketones (excluding diaryl/α,β-unsaturated/α-hetero) is 1. The van der Waals surface area contributed by atoms with Crippen molar-refractivity contribution in [3.8, 4) is 23.0 Å². The average molecular weight is 386 g/mol. The number of carbonyl (C=O) groups is 2. The minimum absolute atomic E-state index is 0.239. The third-order valence-electron chi connectivity index (χ3n) is 3.80. The SMILES string of the molecule is C=CCOc1ccc(C(=O)OCC(=O)c2ccc(OC)c(OC)c2)cc1OC. The fourth-order valence-electron chi connectivity index (χ4n) is 2.37. The number of hydrogen-bond acceptors (Lipinski definition) is 7. The van der Waals surface area contributed by atoms with Gasteiger partial charge < -0.3 is 23.7 Å². The Morgan fingerprint density at radius 2 is 1.43 bits per heavy atom. The third kappa shape index (κ3) is 5.03. The highest BCUT2D eigenvalue weighted by atomic mass is 16.5. The van der Waals surface area contributed by atoms with E-state index in [2.05, 4.69) is 6.58 Å². The van der Waals surface area contributed by atoms with Crippen molar-refractivity contribution < 1.29 is 33.3 Å². The first-order chi connectivity index (χ1) is 13.5. The highest BCUT2D eigenvalue weighted by Gasteiger charge is 2.16. The molecular formula is C21H22O7. The second-order valence-electron chi connectivity index (χ2n) is 5.53. The maximum absolute atomic E-state index is 12.3. The van der Waals surface area contributed by atoms with E-state index >= 15 is 0 Å². The van der Waals surface area contributed by atoms with Gasteiger partial charge >= 0.3 is 5.97 Å². The molecule has 0 spiro atoms. The molecule has 0 aliphatic rings. The van der Waals surface area contributed by atoms with E-state index in [1.54, 1.807) is 24.3 Å². The highest BCUT2D eigenvalue weighted by molar-refractivity contribution is 6.00. The number of benzene rings is 2. The van der Waals surface area contributed by atoms with Gasteiger partial charge in [-0.1, -0.05) is 12.7 Å². The van der Waals surface area contributed by atoms with E-state index in [0.717, 1.165) is 0 Å². The molecule has 0 saturated carbocycles. The van der Waals surface area contributed by atoms with Gasteiger partial charge in [-0.2, -0.15) is 0 Å². The first-order valence-corrected chi connectivity index (χ1v) is 8.38. The lowest BCUT2D eigenvalue weighted by Gasteiger charge is -2.11. The van der Waals surface area contributed by atoms with Crippen molar-refractivity contribution in [1.29, 1.82) is 0 Å². The van der Waals surface area contributed by atoms with E-state index in [1.165, 1.54) is 39.5 Å². The van der Waals surface area contributed by atoms with Crippen LogP contribution in [0.15, 0.2) is 49.1 Å². The molecule has 0 bridgehead atoms. The number of carbonyl (C=O) groups excluding carboxylic acids is 2. The largest absolute Gasteiger partial charge is 0.493 e. The Kier molecular flexibility index (Phi) is 7.45. The van der Waals surface area contributed by atoms with Crippen LogP contribution < -0.4 is 18.9 Å². The summed E-state index contributed by atoms with van der Waals surface area (Å²) in [5.41, 5.74) is 0.583. The Labute approximate surface area is 163 Å². The summed E-state index contributed by atoms with van der Waals surface area (Å²) in [6, 6.07) is 9.33. The first-order valence-electron chi connectivity index (χ1n) is 8.38. The van der Waals surface area contributed by atoms with Crippen molar-refractivity contribution in [3.05, 3.63) is 60.2 Å². The summed E-state index contributed by atoms with van der Waals surface area (Å²) in [5, 5.41) is 0. The van der Waals surface area contributed by atoms with Crippen LogP contribution in [-0.4, -0.2) is 46.3 Å². The maximum Gasteiger partial charge on any atom is 0.338 e. The second-order valence-corrected chi connectivity index (χ2v) is 5.53. The van der Waals surface area contributed by atoms with Crippen molar-refractivity contribution >= 4 is 11.8 Å². The number of esters is 1. The van der Waals surface area contributed by atoms with Gasteiger partial charge in [0.1, 0.15) is 6.61 Å². The molecule has 0 atom stereocenters. The average Bonchev–Trinajstić information content (AvgIpc) is 2.74. The Morgan fingerprint density at radius 1 is 0.857 bits per heavy atom. The van der Waals surface area contributed by atoms with Gasteiger partial charge in [0, 0.05) is 5.56 Å². The first kappa shape index (κ1) is 20.8. The van der Waals surface area contributed by atoms with Crippen molar-refractivity contribution in [2.45, 2.75) is 0 Å². The molecule has 28 heavy (non-hydrogen) atoms. The molecule has 0 aromatic heterocycles. The topological polar surface area (TPSA) is 80.3 Å². The summed E-state index contributed by atoms with van der Waals surface area (Å²) in [4.78, 5) is 24.6. The molecule has 0 N–H and O–H groups in total. The van der Waals surface area contributed by atoms with Gasteiger partial charge in [-0.25, -0.2) is 4.79 Å². The molecule has 2 aromatic rings. The van der Waals surface area contributed by atoms with Crippen molar-refractivity contribution in [2.24, 2.45) is 0 Å². The van der Waals surface area contributed by atoms with Crippen LogP contribution in [0.25, 0.3) is 0 Å². The van der Waals surface area contributed by atoms with E-state index in [9.17, 15) is 9.59 Å². The van der Waals surface area contributed by atoms with Crippen molar-refractivity contribution in [1.82, 2.24) is 0 Å². The van der Waals surface area contributed by atoms with Crippen LogP contribution in [0.2, 0.25) is 0 Å². The van der Waals surface area contributed by atoms with Gasteiger partial charge in [0.2, 0.25) is 0 Å². The lowest BCUT2D eigenvalue weighted by Crippen LogP contribution is -2.14. The number of rotatable bonds is 10. The van der Waals surface area contributed by atoms with Crippen LogP contribution >= 0.6 is 0 Å². The Hall–Kier alpha value is -3.48. The normalized spacial score (nSPS) is 9.96. The molecule has 148 valence electrons. The fourth-order valence-corrected chi connectivity index (χ4v) is 2.37. The zero-order chi connectivity index (χ0) is 20.5. The molecule has 2 rings (SSSR count). The molecule has 0 aliphatic carbocycles. The number of ketones is 1. The maximum atomic E-state index is 12.3. The minimum atomic E-state index is -0.651. The summed E-state index contributed by atoms with van der Waals surface area (Å²) >= 11 is 0. The molecule has 0 aliphatic heterocycles. The van der Waals surface area contributed by atoms with E-state index in [1.807, 2.05) is 0 Å². The van der Waals surface area contributed by atoms with Gasteiger partial charge in [0.25, 0.3) is 0 Å². The Balaban J connectivity index is 2.05. The van der Waals surface area contributed by atoms with Gasteiger partial charge in [-0.05, 0) is 36.4 Å². The molecule has 0 amide bonds. The third-order valence-corrected chi connectivity index (χ3v) is 3.80. The van der Waals surface area contributed by atoms with Gasteiger partial charge in [0.15, 0.2) is 35.4 Å².